The Labute approximate surface area is 108 Å². The van der Waals surface area contributed by atoms with Crippen molar-refractivity contribution in [1.82, 2.24) is 14.9 Å². The summed E-state index contributed by atoms with van der Waals surface area (Å²) in [4.78, 5) is 15.8. The van der Waals surface area contributed by atoms with E-state index in [1.165, 1.54) is 0 Å². The quantitative estimate of drug-likeness (QED) is 0.824. The molecule has 2 heterocycles. The number of aryl methyl sites for hydroxylation is 1. The first-order chi connectivity index (χ1) is 8.96. The lowest BCUT2D eigenvalue weighted by Crippen LogP contribution is -2.25. The predicted octanol–water partition coefficient (Wildman–Crippen LogP) is 1.77. The van der Waals surface area contributed by atoms with Gasteiger partial charge in [0.25, 0.3) is 5.91 Å². The first-order valence-electron chi connectivity index (χ1n) is 6.12. The van der Waals surface area contributed by atoms with E-state index in [1.54, 1.807) is 6.20 Å². The molecule has 0 atom stereocenters. The second-order valence-electron chi connectivity index (χ2n) is 4.40. The minimum Gasteiger partial charge on any atom is -0.356 e. The van der Waals surface area contributed by atoms with Crippen LogP contribution in [0.15, 0.2) is 6.20 Å². The Morgan fingerprint density at radius 1 is 1.53 bits per heavy atom. The number of nitrogens with zero attached hydrogens (tertiary/aromatic N) is 2. The van der Waals surface area contributed by atoms with E-state index < -0.39 is 18.5 Å². The van der Waals surface area contributed by atoms with Crippen molar-refractivity contribution in [3.63, 3.8) is 0 Å². The average Bonchev–Trinajstić information content (AvgIpc) is 2.77. The van der Waals surface area contributed by atoms with Crippen LogP contribution in [0.3, 0.4) is 0 Å². The molecule has 0 unspecified atom stereocenters. The van der Waals surface area contributed by atoms with Gasteiger partial charge in [-0.05, 0) is 12.8 Å². The molecule has 0 spiro atoms. The Hall–Kier alpha value is -1.73. The minimum atomic E-state index is -4.18. The largest absolute Gasteiger partial charge is 0.389 e. The van der Waals surface area contributed by atoms with Crippen LogP contribution in [0.25, 0.3) is 0 Å². The normalized spacial score (nSPS) is 14.7. The Kier molecular flexibility index (Phi) is 3.96. The van der Waals surface area contributed by atoms with Crippen LogP contribution >= 0.6 is 0 Å². The van der Waals surface area contributed by atoms with Crippen molar-refractivity contribution in [3.8, 4) is 0 Å². The van der Waals surface area contributed by atoms with Gasteiger partial charge in [0, 0.05) is 32.3 Å². The molecular formula is C11H15F3N4O. The number of nitrogens with one attached hydrogen (secondary N) is 2. The maximum Gasteiger partial charge on any atom is 0.389 e. The Balaban J connectivity index is 1.81. The van der Waals surface area contributed by atoms with Crippen molar-refractivity contribution >= 4 is 11.9 Å². The van der Waals surface area contributed by atoms with Crippen molar-refractivity contribution in [2.45, 2.75) is 32.0 Å². The van der Waals surface area contributed by atoms with E-state index >= 15 is 0 Å². The molecule has 5 nitrogen and oxygen atoms in total. The number of hydrogen-bond acceptors (Lipinski definition) is 3. The van der Waals surface area contributed by atoms with Crippen molar-refractivity contribution in [2.24, 2.45) is 0 Å². The number of halogens is 3. The maximum atomic E-state index is 11.9. The fourth-order valence-electron chi connectivity index (χ4n) is 1.87. The second-order valence-corrected chi connectivity index (χ2v) is 4.40. The number of anilines is 1. The van der Waals surface area contributed by atoms with Crippen LogP contribution in [-0.2, 0) is 6.54 Å². The zero-order valence-electron chi connectivity index (χ0n) is 10.3. The Bertz CT molecular complexity index is 432. The van der Waals surface area contributed by atoms with Gasteiger partial charge >= 0.3 is 6.18 Å². The molecule has 2 N–H and O–H groups in total. The van der Waals surface area contributed by atoms with Gasteiger partial charge in [0.1, 0.15) is 5.69 Å². The summed E-state index contributed by atoms with van der Waals surface area (Å²) in [6, 6.07) is 0. The second kappa shape index (κ2) is 5.50. The van der Waals surface area contributed by atoms with E-state index in [4.69, 9.17) is 0 Å². The molecule has 0 saturated heterocycles. The molecule has 0 fully saturated rings. The third-order valence-electron chi connectivity index (χ3n) is 2.79. The lowest BCUT2D eigenvalue weighted by molar-refractivity contribution is -0.135. The molecule has 1 aromatic rings. The zero-order chi connectivity index (χ0) is 13.9. The van der Waals surface area contributed by atoms with Crippen LogP contribution in [0.5, 0.6) is 0 Å². The van der Waals surface area contributed by atoms with Crippen molar-refractivity contribution in [3.05, 3.63) is 11.9 Å². The van der Waals surface area contributed by atoms with Gasteiger partial charge in [-0.1, -0.05) is 0 Å². The zero-order valence-corrected chi connectivity index (χ0v) is 10.3. The summed E-state index contributed by atoms with van der Waals surface area (Å²) in [5.41, 5.74) is 0.233. The number of carbonyl (C=O) groups excluding carboxylic acids is 1. The summed E-state index contributed by atoms with van der Waals surface area (Å²) in [5, 5.41) is 5.49. The third-order valence-corrected chi connectivity index (χ3v) is 2.79. The fourth-order valence-corrected chi connectivity index (χ4v) is 1.87. The molecule has 8 heteroatoms. The summed E-state index contributed by atoms with van der Waals surface area (Å²) < 4.78 is 37.6. The molecule has 1 aromatic heterocycles. The highest BCUT2D eigenvalue weighted by Gasteiger charge is 2.26. The fraction of sp³-hybridized carbons (Fsp3) is 0.636. The van der Waals surface area contributed by atoms with E-state index in [0.717, 1.165) is 19.5 Å². The molecule has 2 rings (SSSR count). The maximum absolute atomic E-state index is 11.9. The number of aromatic nitrogens is 2. The highest BCUT2D eigenvalue weighted by Crippen LogP contribution is 2.20. The monoisotopic (exact) mass is 276 g/mol. The van der Waals surface area contributed by atoms with Crippen LogP contribution in [0.2, 0.25) is 0 Å². The van der Waals surface area contributed by atoms with Crippen molar-refractivity contribution in [2.75, 3.05) is 18.4 Å². The Morgan fingerprint density at radius 3 is 3.00 bits per heavy atom. The van der Waals surface area contributed by atoms with Crippen LogP contribution in [-0.4, -0.2) is 34.7 Å². The lowest BCUT2D eigenvalue weighted by Gasteiger charge is -2.14. The van der Waals surface area contributed by atoms with Gasteiger partial charge in [-0.15, -0.1) is 0 Å². The standard InChI is InChI=1S/C11H15F3N4O/c12-11(13,14)3-1-4-15-9(19)8-7-18-6-2-5-16-10(18)17-8/h7H,1-6H2,(H,15,19)(H,16,17). The van der Waals surface area contributed by atoms with Crippen LogP contribution in [0.4, 0.5) is 19.1 Å². The van der Waals surface area contributed by atoms with Crippen LogP contribution < -0.4 is 10.6 Å². The van der Waals surface area contributed by atoms with Gasteiger partial charge < -0.3 is 15.2 Å². The number of hydrogen-bond donors (Lipinski definition) is 2. The van der Waals surface area contributed by atoms with E-state index in [0.29, 0.717) is 5.95 Å². The minimum absolute atomic E-state index is 0.00599. The van der Waals surface area contributed by atoms with Gasteiger partial charge in [-0.2, -0.15) is 13.2 Å². The van der Waals surface area contributed by atoms with E-state index in [9.17, 15) is 18.0 Å². The molecule has 0 saturated carbocycles. The topological polar surface area (TPSA) is 59.0 Å². The highest BCUT2D eigenvalue weighted by atomic mass is 19.4. The van der Waals surface area contributed by atoms with Crippen LogP contribution in [0, 0.1) is 0 Å². The molecule has 1 aliphatic heterocycles. The van der Waals surface area contributed by atoms with Gasteiger partial charge in [-0.3, -0.25) is 4.79 Å². The average molecular weight is 276 g/mol. The molecule has 106 valence electrons. The van der Waals surface area contributed by atoms with Crippen LogP contribution in [0.1, 0.15) is 29.8 Å². The molecule has 0 radical (unpaired) electrons. The van der Waals surface area contributed by atoms with Gasteiger partial charge in [0.05, 0.1) is 0 Å². The summed E-state index contributed by atoms with van der Waals surface area (Å²) in [7, 11) is 0. The molecule has 0 aliphatic carbocycles. The predicted molar refractivity (Wildman–Crippen MR) is 63.0 cm³/mol. The van der Waals surface area contributed by atoms with Gasteiger partial charge in [0.2, 0.25) is 5.95 Å². The SMILES string of the molecule is O=C(NCCCC(F)(F)F)c1cn2c(n1)NCCC2. The van der Waals surface area contributed by atoms with Crippen molar-refractivity contribution < 1.29 is 18.0 Å². The number of amides is 1. The van der Waals surface area contributed by atoms with Crippen molar-refractivity contribution in [1.29, 1.82) is 0 Å². The number of alkyl halides is 3. The third kappa shape index (κ3) is 3.87. The molecule has 19 heavy (non-hydrogen) atoms. The molecular weight excluding hydrogens is 261 g/mol. The number of carbonyl (C=O) groups is 1. The Morgan fingerprint density at radius 2 is 2.32 bits per heavy atom. The van der Waals surface area contributed by atoms with Gasteiger partial charge in [-0.25, -0.2) is 4.98 Å². The number of rotatable bonds is 4. The summed E-state index contributed by atoms with van der Waals surface area (Å²) in [6.45, 7) is 1.59. The smallest absolute Gasteiger partial charge is 0.356 e. The summed E-state index contributed by atoms with van der Waals surface area (Å²) in [6.07, 6.45) is -2.63. The lowest BCUT2D eigenvalue weighted by atomic mass is 10.3. The highest BCUT2D eigenvalue weighted by molar-refractivity contribution is 5.92. The van der Waals surface area contributed by atoms with E-state index in [1.807, 2.05) is 4.57 Å². The molecule has 1 amide bonds. The molecule has 1 aliphatic rings. The summed E-state index contributed by atoms with van der Waals surface area (Å²) in [5.74, 6) is 0.192. The van der Waals surface area contributed by atoms with Gasteiger partial charge in [0.15, 0.2) is 0 Å². The summed E-state index contributed by atoms with van der Waals surface area (Å²) >= 11 is 0. The van der Waals surface area contributed by atoms with E-state index in [-0.39, 0.29) is 18.7 Å². The van der Waals surface area contributed by atoms with E-state index in [2.05, 4.69) is 15.6 Å². The first kappa shape index (κ1) is 13.7. The molecule has 0 aromatic carbocycles. The number of imidazole rings is 1. The molecule has 0 bridgehead atoms. The first-order valence-corrected chi connectivity index (χ1v) is 6.12. The number of fused-ring (bicyclic) bond motifs is 1.